The summed E-state index contributed by atoms with van der Waals surface area (Å²) < 4.78 is 0. The lowest BCUT2D eigenvalue weighted by molar-refractivity contribution is -0.135. The van der Waals surface area contributed by atoms with Gasteiger partial charge in [-0.2, -0.15) is 0 Å². The molecule has 4 saturated heterocycles. The van der Waals surface area contributed by atoms with E-state index in [0.717, 1.165) is 6.54 Å². The van der Waals surface area contributed by atoms with Gasteiger partial charge in [-0.15, -0.1) is 0 Å². The van der Waals surface area contributed by atoms with Crippen molar-refractivity contribution in [3.05, 3.63) is 35.9 Å². The molecule has 1 aromatic carbocycles. The SMILES string of the molecule is O=C1CNC(c2ccccc2)N1C1CN2CCC1CC2. The van der Waals surface area contributed by atoms with Gasteiger partial charge in [-0.1, -0.05) is 30.3 Å². The first-order chi connectivity index (χ1) is 9.83. The van der Waals surface area contributed by atoms with Crippen LogP contribution in [-0.2, 0) is 4.79 Å². The minimum absolute atomic E-state index is 0.0641. The maximum Gasteiger partial charge on any atom is 0.238 e. The third-order valence-corrected chi connectivity index (χ3v) is 5.11. The highest BCUT2D eigenvalue weighted by Crippen LogP contribution is 2.36. The van der Waals surface area contributed by atoms with Crippen LogP contribution in [0.1, 0.15) is 24.6 Å². The normalized spacial score (nSPS) is 36.6. The number of hydrogen-bond acceptors (Lipinski definition) is 3. The molecule has 0 radical (unpaired) electrons. The standard InChI is InChI=1S/C16H21N3O/c20-15-10-17-16(13-4-2-1-3-5-13)19(15)14-11-18-8-6-12(14)7-9-18/h1-5,12,14,16-17H,6-11H2. The highest BCUT2D eigenvalue weighted by Gasteiger charge is 2.44. The molecule has 2 bridgehead atoms. The van der Waals surface area contributed by atoms with Gasteiger partial charge in [0.05, 0.1) is 6.54 Å². The number of nitrogens with zero attached hydrogens (tertiary/aromatic N) is 2. The van der Waals surface area contributed by atoms with E-state index >= 15 is 0 Å². The molecule has 2 atom stereocenters. The second-order valence-corrected chi connectivity index (χ2v) is 6.20. The molecular weight excluding hydrogens is 250 g/mol. The third kappa shape index (κ3) is 1.95. The molecule has 2 unspecified atom stereocenters. The Balaban J connectivity index is 1.63. The van der Waals surface area contributed by atoms with E-state index in [9.17, 15) is 4.79 Å². The lowest BCUT2D eigenvalue weighted by Gasteiger charge is -2.49. The van der Waals surface area contributed by atoms with Gasteiger partial charge >= 0.3 is 0 Å². The second kappa shape index (κ2) is 4.86. The van der Waals surface area contributed by atoms with Crippen LogP contribution < -0.4 is 5.32 Å². The Morgan fingerprint density at radius 1 is 1.10 bits per heavy atom. The Morgan fingerprint density at radius 3 is 2.50 bits per heavy atom. The molecule has 4 heteroatoms. The molecule has 4 aliphatic heterocycles. The van der Waals surface area contributed by atoms with E-state index in [2.05, 4.69) is 39.4 Å². The highest BCUT2D eigenvalue weighted by atomic mass is 16.2. The molecule has 5 rings (SSSR count). The first kappa shape index (κ1) is 12.4. The van der Waals surface area contributed by atoms with Crippen LogP contribution in [0.5, 0.6) is 0 Å². The van der Waals surface area contributed by atoms with Gasteiger partial charge in [-0.25, -0.2) is 0 Å². The molecule has 1 amide bonds. The minimum Gasteiger partial charge on any atom is -0.317 e. The maximum atomic E-state index is 12.4. The van der Waals surface area contributed by atoms with Crippen molar-refractivity contribution in [2.24, 2.45) is 5.92 Å². The van der Waals surface area contributed by atoms with Crippen molar-refractivity contribution in [2.75, 3.05) is 26.2 Å². The smallest absolute Gasteiger partial charge is 0.238 e. The Kier molecular flexibility index (Phi) is 3.00. The largest absolute Gasteiger partial charge is 0.317 e. The van der Waals surface area contributed by atoms with Gasteiger partial charge in [0.2, 0.25) is 5.91 Å². The van der Waals surface area contributed by atoms with Crippen LogP contribution in [-0.4, -0.2) is 47.9 Å². The molecule has 4 aliphatic rings. The van der Waals surface area contributed by atoms with E-state index in [4.69, 9.17) is 0 Å². The van der Waals surface area contributed by atoms with Crippen molar-refractivity contribution in [2.45, 2.75) is 25.0 Å². The quantitative estimate of drug-likeness (QED) is 0.878. The lowest BCUT2D eigenvalue weighted by Crippen LogP contribution is -2.58. The number of fused-ring (bicyclic) bond motifs is 3. The number of carbonyl (C=O) groups is 1. The van der Waals surface area contributed by atoms with Gasteiger partial charge in [0, 0.05) is 12.6 Å². The first-order valence-electron chi connectivity index (χ1n) is 7.65. The predicted molar refractivity (Wildman–Crippen MR) is 77.0 cm³/mol. The van der Waals surface area contributed by atoms with Crippen molar-refractivity contribution < 1.29 is 4.79 Å². The van der Waals surface area contributed by atoms with Crippen LogP contribution in [0.4, 0.5) is 0 Å². The van der Waals surface area contributed by atoms with Crippen LogP contribution in [0.2, 0.25) is 0 Å². The molecule has 4 heterocycles. The van der Waals surface area contributed by atoms with Crippen LogP contribution in [0, 0.1) is 5.92 Å². The maximum absolute atomic E-state index is 12.4. The fourth-order valence-corrected chi connectivity index (χ4v) is 4.06. The average Bonchev–Trinajstić information content (AvgIpc) is 2.91. The van der Waals surface area contributed by atoms with Gasteiger partial charge < -0.3 is 9.80 Å². The molecule has 0 aliphatic carbocycles. The fourth-order valence-electron chi connectivity index (χ4n) is 4.06. The van der Waals surface area contributed by atoms with Crippen molar-refractivity contribution in [1.29, 1.82) is 0 Å². The average molecular weight is 271 g/mol. The van der Waals surface area contributed by atoms with Gasteiger partial charge in [-0.05, 0) is 37.4 Å². The van der Waals surface area contributed by atoms with Crippen molar-refractivity contribution in [3.63, 3.8) is 0 Å². The summed E-state index contributed by atoms with van der Waals surface area (Å²) in [5, 5.41) is 3.39. The zero-order valence-corrected chi connectivity index (χ0v) is 11.7. The molecule has 20 heavy (non-hydrogen) atoms. The minimum atomic E-state index is 0.0641. The summed E-state index contributed by atoms with van der Waals surface area (Å²) in [7, 11) is 0. The van der Waals surface area contributed by atoms with Crippen LogP contribution in [0.3, 0.4) is 0 Å². The molecule has 0 saturated carbocycles. The Hall–Kier alpha value is -1.39. The molecule has 0 spiro atoms. The number of carbonyl (C=O) groups excluding carboxylic acids is 1. The Morgan fingerprint density at radius 2 is 1.85 bits per heavy atom. The summed E-state index contributed by atoms with van der Waals surface area (Å²) in [6.07, 6.45) is 2.56. The van der Waals surface area contributed by atoms with E-state index in [-0.39, 0.29) is 12.1 Å². The second-order valence-electron chi connectivity index (χ2n) is 6.20. The van der Waals surface area contributed by atoms with Gasteiger partial charge in [0.15, 0.2) is 0 Å². The van der Waals surface area contributed by atoms with Crippen molar-refractivity contribution in [1.82, 2.24) is 15.1 Å². The Labute approximate surface area is 119 Å². The van der Waals surface area contributed by atoms with Crippen LogP contribution >= 0.6 is 0 Å². The zero-order chi connectivity index (χ0) is 13.5. The summed E-state index contributed by atoms with van der Waals surface area (Å²) >= 11 is 0. The number of benzene rings is 1. The summed E-state index contributed by atoms with van der Waals surface area (Å²) in [5.74, 6) is 0.952. The number of rotatable bonds is 2. The fraction of sp³-hybridized carbons (Fsp3) is 0.562. The first-order valence-corrected chi connectivity index (χ1v) is 7.65. The monoisotopic (exact) mass is 271 g/mol. The van der Waals surface area contributed by atoms with E-state index in [0.29, 0.717) is 18.5 Å². The zero-order valence-electron chi connectivity index (χ0n) is 11.7. The molecular formula is C16H21N3O. The predicted octanol–water partition coefficient (Wildman–Crippen LogP) is 1.21. The van der Waals surface area contributed by atoms with Crippen molar-refractivity contribution >= 4 is 5.91 Å². The van der Waals surface area contributed by atoms with Gasteiger partial charge in [-0.3, -0.25) is 10.1 Å². The molecule has 106 valence electrons. The van der Waals surface area contributed by atoms with E-state index in [1.54, 1.807) is 0 Å². The molecule has 1 N–H and O–H groups in total. The van der Waals surface area contributed by atoms with Crippen LogP contribution in [0.25, 0.3) is 0 Å². The van der Waals surface area contributed by atoms with Gasteiger partial charge in [0.25, 0.3) is 0 Å². The number of piperidine rings is 3. The van der Waals surface area contributed by atoms with E-state index in [1.165, 1.54) is 31.5 Å². The summed E-state index contributed by atoms with van der Waals surface area (Å²) in [4.78, 5) is 17.0. The number of amides is 1. The highest BCUT2D eigenvalue weighted by molar-refractivity contribution is 5.81. The van der Waals surface area contributed by atoms with E-state index < -0.39 is 0 Å². The topological polar surface area (TPSA) is 35.6 Å². The summed E-state index contributed by atoms with van der Waals surface area (Å²) in [6, 6.07) is 10.8. The Bertz CT molecular complexity index is 496. The molecule has 4 nitrogen and oxygen atoms in total. The van der Waals surface area contributed by atoms with E-state index in [1.807, 2.05) is 6.07 Å². The molecule has 0 aromatic heterocycles. The molecule has 1 aromatic rings. The number of nitrogens with one attached hydrogen (secondary N) is 1. The van der Waals surface area contributed by atoms with Crippen molar-refractivity contribution in [3.8, 4) is 0 Å². The molecule has 4 fully saturated rings. The third-order valence-electron chi connectivity index (χ3n) is 5.11. The summed E-state index contributed by atoms with van der Waals surface area (Å²) in [6.45, 7) is 3.96. The summed E-state index contributed by atoms with van der Waals surface area (Å²) in [5.41, 5.74) is 1.20. The lowest BCUT2D eigenvalue weighted by atomic mass is 9.83. The van der Waals surface area contributed by atoms with Crippen LogP contribution in [0.15, 0.2) is 30.3 Å². The van der Waals surface area contributed by atoms with Gasteiger partial charge in [0.1, 0.15) is 6.17 Å². The number of hydrogen-bond donors (Lipinski definition) is 1.